The van der Waals surface area contributed by atoms with Gasteiger partial charge in [0, 0.05) is 43.6 Å². The maximum atomic E-state index is 13.3. The van der Waals surface area contributed by atoms with Crippen LogP contribution in [0.3, 0.4) is 0 Å². The van der Waals surface area contributed by atoms with Gasteiger partial charge in [0.1, 0.15) is 17.3 Å². The average Bonchev–Trinajstić information content (AvgIpc) is 2.88. The highest BCUT2D eigenvalue weighted by atomic mass is 19.4. The summed E-state index contributed by atoms with van der Waals surface area (Å²) in [7, 11) is 0. The Morgan fingerprint density at radius 3 is 2.05 bits per heavy atom. The third-order valence-electron chi connectivity index (χ3n) is 6.69. The largest absolute Gasteiger partial charge is 0.573 e. The summed E-state index contributed by atoms with van der Waals surface area (Å²) < 4.78 is 65.6. The van der Waals surface area contributed by atoms with Crippen LogP contribution in [0.5, 0.6) is 11.5 Å². The zero-order chi connectivity index (χ0) is 26.5. The van der Waals surface area contributed by atoms with E-state index in [-0.39, 0.29) is 36.2 Å². The third-order valence-corrected chi connectivity index (χ3v) is 6.69. The van der Waals surface area contributed by atoms with Crippen LogP contribution in [0.2, 0.25) is 0 Å². The fourth-order valence-corrected chi connectivity index (χ4v) is 4.55. The summed E-state index contributed by atoms with van der Waals surface area (Å²) in [6, 6.07) is 10.4. The lowest BCUT2D eigenvalue weighted by molar-refractivity contribution is -0.274. The fraction of sp³-hybridized carbons (Fsp3) is 0.462. The Balaban J connectivity index is 1.42. The van der Waals surface area contributed by atoms with Gasteiger partial charge in [0.2, 0.25) is 5.91 Å². The van der Waals surface area contributed by atoms with E-state index in [0.29, 0.717) is 58.0 Å². The third kappa shape index (κ3) is 7.34. The van der Waals surface area contributed by atoms with Gasteiger partial charge in [-0.25, -0.2) is 4.39 Å². The van der Waals surface area contributed by atoms with Gasteiger partial charge in [0.15, 0.2) is 0 Å². The van der Waals surface area contributed by atoms with Gasteiger partial charge >= 0.3 is 6.36 Å². The molecule has 2 heterocycles. The van der Waals surface area contributed by atoms with Gasteiger partial charge in [-0.3, -0.25) is 9.59 Å². The molecule has 2 fully saturated rings. The molecule has 2 aliphatic heterocycles. The number of carbonyl (C=O) groups is 2. The minimum absolute atomic E-state index is 0.00830. The monoisotopic (exact) mass is 524 g/mol. The maximum Gasteiger partial charge on any atom is 0.573 e. The predicted octanol–water partition coefficient (Wildman–Crippen LogP) is 4.27. The summed E-state index contributed by atoms with van der Waals surface area (Å²) in [5.41, 5.74) is -0.292. The van der Waals surface area contributed by atoms with Gasteiger partial charge in [-0.2, -0.15) is 0 Å². The van der Waals surface area contributed by atoms with Crippen LogP contribution in [0.25, 0.3) is 0 Å². The number of likely N-dealkylation sites (tertiary alicyclic amines) is 1. The molecule has 2 aromatic rings. The van der Waals surface area contributed by atoms with E-state index in [1.165, 1.54) is 36.4 Å². The predicted molar refractivity (Wildman–Crippen MR) is 125 cm³/mol. The SMILES string of the molecule is O=C(CC1(COc2ccc(F)cc2)CCN(C(=O)c2ccc(OC(F)(F)F)cc2)CC1)N1CCOCC1. The Morgan fingerprint density at radius 1 is 0.865 bits per heavy atom. The maximum absolute atomic E-state index is 13.3. The van der Waals surface area contributed by atoms with E-state index >= 15 is 0 Å². The molecule has 200 valence electrons. The van der Waals surface area contributed by atoms with Crippen molar-refractivity contribution >= 4 is 11.8 Å². The number of alkyl halides is 3. The van der Waals surface area contributed by atoms with Crippen LogP contribution in [-0.2, 0) is 9.53 Å². The normalized spacial score (nSPS) is 17.8. The summed E-state index contributed by atoms with van der Waals surface area (Å²) in [5, 5.41) is 0. The van der Waals surface area contributed by atoms with Gasteiger partial charge in [-0.15, -0.1) is 13.2 Å². The van der Waals surface area contributed by atoms with Crippen LogP contribution in [0.15, 0.2) is 48.5 Å². The summed E-state index contributed by atoms with van der Waals surface area (Å²) >= 11 is 0. The van der Waals surface area contributed by atoms with Crippen LogP contribution in [0.4, 0.5) is 17.6 Å². The lowest BCUT2D eigenvalue weighted by atomic mass is 9.75. The van der Waals surface area contributed by atoms with Gasteiger partial charge in [-0.05, 0) is 61.4 Å². The number of amides is 2. The van der Waals surface area contributed by atoms with Crippen LogP contribution in [-0.4, -0.2) is 74.0 Å². The Hall–Kier alpha value is -3.34. The fourth-order valence-electron chi connectivity index (χ4n) is 4.55. The molecule has 2 aliphatic rings. The molecule has 37 heavy (non-hydrogen) atoms. The van der Waals surface area contributed by atoms with Crippen molar-refractivity contribution in [2.75, 3.05) is 46.0 Å². The number of halogens is 4. The molecule has 0 saturated carbocycles. The van der Waals surface area contributed by atoms with E-state index in [0.717, 1.165) is 12.1 Å². The number of ether oxygens (including phenoxy) is 3. The molecule has 2 aromatic carbocycles. The lowest BCUT2D eigenvalue weighted by Gasteiger charge is -2.42. The first-order chi connectivity index (χ1) is 17.6. The lowest BCUT2D eigenvalue weighted by Crippen LogP contribution is -2.49. The molecule has 11 heteroatoms. The van der Waals surface area contributed by atoms with Crippen LogP contribution in [0.1, 0.15) is 29.6 Å². The number of hydrogen-bond donors (Lipinski definition) is 0. The summed E-state index contributed by atoms with van der Waals surface area (Å²) in [4.78, 5) is 29.5. The van der Waals surface area contributed by atoms with Crippen molar-refractivity contribution < 1.29 is 41.4 Å². The molecule has 0 aliphatic carbocycles. The Morgan fingerprint density at radius 2 is 1.46 bits per heavy atom. The second-order valence-corrected chi connectivity index (χ2v) is 9.28. The topological polar surface area (TPSA) is 68.3 Å². The zero-order valence-corrected chi connectivity index (χ0v) is 20.1. The quantitative estimate of drug-likeness (QED) is 0.506. The van der Waals surface area contributed by atoms with E-state index in [9.17, 15) is 27.2 Å². The second kappa shape index (κ2) is 11.4. The van der Waals surface area contributed by atoms with E-state index in [2.05, 4.69) is 4.74 Å². The molecule has 2 saturated heterocycles. The highest BCUT2D eigenvalue weighted by molar-refractivity contribution is 5.94. The van der Waals surface area contributed by atoms with Crippen molar-refractivity contribution in [2.45, 2.75) is 25.6 Å². The highest BCUT2D eigenvalue weighted by Crippen LogP contribution is 2.37. The van der Waals surface area contributed by atoms with E-state index in [1.807, 2.05) is 0 Å². The van der Waals surface area contributed by atoms with Crippen molar-refractivity contribution in [3.05, 3.63) is 59.9 Å². The summed E-state index contributed by atoms with van der Waals surface area (Å²) in [6.07, 6.45) is -3.59. The van der Waals surface area contributed by atoms with Crippen molar-refractivity contribution in [2.24, 2.45) is 5.41 Å². The number of rotatable bonds is 7. The van der Waals surface area contributed by atoms with Crippen LogP contribution >= 0.6 is 0 Å². The first kappa shape index (κ1) is 26.7. The molecule has 0 aromatic heterocycles. The molecule has 0 spiro atoms. The molecule has 0 atom stereocenters. The van der Waals surface area contributed by atoms with Crippen LogP contribution < -0.4 is 9.47 Å². The standard InChI is InChI=1S/C26H28F4N2O5/c27-20-3-7-21(8-4-20)36-18-25(17-23(33)31-13-15-35-16-14-31)9-11-32(12-10-25)24(34)19-1-5-22(6-2-19)37-26(28,29)30/h1-8H,9-18H2. The minimum atomic E-state index is -4.81. The second-order valence-electron chi connectivity index (χ2n) is 9.28. The molecular formula is C26H28F4N2O5. The van der Waals surface area contributed by atoms with Crippen LogP contribution in [0, 0.1) is 11.2 Å². The van der Waals surface area contributed by atoms with Crippen molar-refractivity contribution in [3.8, 4) is 11.5 Å². The molecule has 7 nitrogen and oxygen atoms in total. The van der Waals surface area contributed by atoms with Gasteiger partial charge in [0.05, 0.1) is 19.8 Å². The number of morpholine rings is 1. The molecule has 2 amide bonds. The van der Waals surface area contributed by atoms with Crippen molar-refractivity contribution in [1.29, 1.82) is 0 Å². The smallest absolute Gasteiger partial charge is 0.493 e. The van der Waals surface area contributed by atoms with Gasteiger partial charge in [0.25, 0.3) is 5.91 Å². The Labute approximate surface area is 211 Å². The number of nitrogens with zero attached hydrogens (tertiary/aromatic N) is 2. The van der Waals surface area contributed by atoms with Crippen molar-refractivity contribution in [3.63, 3.8) is 0 Å². The Kier molecular flexibility index (Phi) is 8.21. The molecular weight excluding hydrogens is 496 g/mol. The summed E-state index contributed by atoms with van der Waals surface area (Å²) in [6.45, 7) is 2.93. The van der Waals surface area contributed by atoms with E-state index in [1.54, 1.807) is 9.80 Å². The first-order valence-corrected chi connectivity index (χ1v) is 12.0. The average molecular weight is 525 g/mol. The molecule has 0 unspecified atom stereocenters. The Bertz CT molecular complexity index is 1060. The number of piperidine rings is 1. The van der Waals surface area contributed by atoms with Gasteiger partial charge in [-0.1, -0.05) is 0 Å². The number of hydrogen-bond acceptors (Lipinski definition) is 5. The zero-order valence-electron chi connectivity index (χ0n) is 20.1. The number of carbonyl (C=O) groups excluding carboxylic acids is 2. The molecule has 0 N–H and O–H groups in total. The van der Waals surface area contributed by atoms with Crippen molar-refractivity contribution in [1.82, 2.24) is 9.80 Å². The van der Waals surface area contributed by atoms with E-state index in [4.69, 9.17) is 9.47 Å². The molecule has 0 radical (unpaired) electrons. The summed E-state index contributed by atoms with van der Waals surface area (Å²) in [5.74, 6) is -0.618. The van der Waals surface area contributed by atoms with E-state index < -0.39 is 17.5 Å². The number of benzene rings is 2. The van der Waals surface area contributed by atoms with Gasteiger partial charge < -0.3 is 24.0 Å². The highest BCUT2D eigenvalue weighted by Gasteiger charge is 2.40. The molecule has 4 rings (SSSR count). The molecule has 0 bridgehead atoms. The minimum Gasteiger partial charge on any atom is -0.493 e. The first-order valence-electron chi connectivity index (χ1n) is 12.0.